The molecule has 0 bridgehead atoms. The number of Topliss-reactive ketones (excluding diaryl/α,β-unsaturated/α-hetero) is 1. The maximum absolute atomic E-state index is 11.5. The van der Waals surface area contributed by atoms with E-state index in [1.54, 1.807) is 0 Å². The lowest BCUT2D eigenvalue weighted by Gasteiger charge is -2.58. The van der Waals surface area contributed by atoms with Crippen molar-refractivity contribution in [2.24, 2.45) is 11.3 Å². The molecule has 3 fully saturated rings. The number of likely N-dealkylation sites (tertiary alicyclic amines) is 1. The third-order valence-electron chi connectivity index (χ3n) is 4.33. The number of ketones is 1. The SMILES string of the molecule is CC1CCC(=O)CC1N1CC2(COC2)C1. The Morgan fingerprint density at radius 3 is 2.73 bits per heavy atom. The third kappa shape index (κ3) is 1.53. The highest BCUT2D eigenvalue weighted by Gasteiger charge is 2.51. The molecule has 2 saturated heterocycles. The minimum Gasteiger partial charge on any atom is -0.380 e. The molecule has 0 aromatic carbocycles. The van der Waals surface area contributed by atoms with E-state index in [2.05, 4.69) is 11.8 Å². The van der Waals surface area contributed by atoms with E-state index in [0.29, 0.717) is 23.2 Å². The Balaban J connectivity index is 1.60. The molecule has 3 heteroatoms. The van der Waals surface area contributed by atoms with Gasteiger partial charge in [0, 0.05) is 37.4 Å². The summed E-state index contributed by atoms with van der Waals surface area (Å²) in [5, 5.41) is 0. The minimum atomic E-state index is 0.462. The molecule has 2 aliphatic heterocycles. The van der Waals surface area contributed by atoms with Gasteiger partial charge in [0.2, 0.25) is 0 Å². The summed E-state index contributed by atoms with van der Waals surface area (Å²) < 4.78 is 5.27. The largest absolute Gasteiger partial charge is 0.380 e. The number of carbonyl (C=O) groups is 1. The van der Waals surface area contributed by atoms with Crippen molar-refractivity contribution >= 4 is 5.78 Å². The van der Waals surface area contributed by atoms with Gasteiger partial charge in [-0.3, -0.25) is 9.69 Å². The van der Waals surface area contributed by atoms with E-state index in [-0.39, 0.29) is 0 Å². The molecule has 0 amide bonds. The summed E-state index contributed by atoms with van der Waals surface area (Å²) in [7, 11) is 0. The van der Waals surface area contributed by atoms with E-state index >= 15 is 0 Å². The Bertz CT molecular complexity index is 277. The van der Waals surface area contributed by atoms with Crippen LogP contribution in [0.25, 0.3) is 0 Å². The van der Waals surface area contributed by atoms with Crippen molar-refractivity contribution in [2.45, 2.75) is 32.2 Å². The lowest BCUT2D eigenvalue weighted by atomic mass is 9.73. The van der Waals surface area contributed by atoms with E-state index in [1.807, 2.05) is 0 Å². The fraction of sp³-hybridized carbons (Fsp3) is 0.917. The van der Waals surface area contributed by atoms with Crippen LogP contribution >= 0.6 is 0 Å². The molecule has 3 rings (SSSR count). The molecule has 2 atom stereocenters. The highest BCUT2D eigenvalue weighted by atomic mass is 16.5. The lowest BCUT2D eigenvalue weighted by molar-refractivity contribution is -0.203. The van der Waals surface area contributed by atoms with Crippen molar-refractivity contribution in [1.29, 1.82) is 0 Å². The standard InChI is InChI=1S/C12H19NO2/c1-9-2-3-10(14)4-11(9)13-5-12(6-13)7-15-8-12/h9,11H,2-8H2,1H3. The van der Waals surface area contributed by atoms with Gasteiger partial charge in [0.05, 0.1) is 13.2 Å². The van der Waals surface area contributed by atoms with Crippen LogP contribution in [0.15, 0.2) is 0 Å². The predicted molar refractivity (Wildman–Crippen MR) is 56.6 cm³/mol. The van der Waals surface area contributed by atoms with E-state index < -0.39 is 0 Å². The van der Waals surface area contributed by atoms with Gasteiger partial charge in [0.25, 0.3) is 0 Å². The van der Waals surface area contributed by atoms with Gasteiger partial charge in [-0.05, 0) is 12.3 Å². The Labute approximate surface area is 90.8 Å². The average Bonchev–Trinajstić information content (AvgIpc) is 2.06. The monoisotopic (exact) mass is 209 g/mol. The van der Waals surface area contributed by atoms with Crippen molar-refractivity contribution < 1.29 is 9.53 Å². The molecule has 0 radical (unpaired) electrons. The van der Waals surface area contributed by atoms with Crippen LogP contribution in [0.5, 0.6) is 0 Å². The van der Waals surface area contributed by atoms with Gasteiger partial charge in [-0.25, -0.2) is 0 Å². The molecule has 84 valence electrons. The molecule has 0 N–H and O–H groups in total. The van der Waals surface area contributed by atoms with Gasteiger partial charge in [0.15, 0.2) is 0 Å². The molecule has 0 aromatic heterocycles. The Hall–Kier alpha value is -0.410. The second-order valence-electron chi connectivity index (χ2n) is 5.72. The molecule has 3 aliphatic rings. The molecule has 3 nitrogen and oxygen atoms in total. The molecule has 0 aromatic rings. The summed E-state index contributed by atoms with van der Waals surface area (Å²) in [5.74, 6) is 1.16. The molecular weight excluding hydrogens is 190 g/mol. The average molecular weight is 209 g/mol. The number of carbonyl (C=O) groups excluding carboxylic acids is 1. The molecular formula is C12H19NO2. The van der Waals surface area contributed by atoms with Crippen LogP contribution < -0.4 is 0 Å². The fourth-order valence-corrected chi connectivity index (χ4v) is 3.23. The first-order valence-electron chi connectivity index (χ1n) is 6.02. The van der Waals surface area contributed by atoms with Gasteiger partial charge in [-0.1, -0.05) is 6.92 Å². The third-order valence-corrected chi connectivity index (χ3v) is 4.33. The Morgan fingerprint density at radius 1 is 1.40 bits per heavy atom. The van der Waals surface area contributed by atoms with Crippen molar-refractivity contribution in [3.8, 4) is 0 Å². The first kappa shape index (κ1) is 9.79. The number of nitrogens with zero attached hydrogens (tertiary/aromatic N) is 1. The zero-order chi connectivity index (χ0) is 10.5. The highest BCUT2D eigenvalue weighted by molar-refractivity contribution is 5.79. The Morgan fingerprint density at radius 2 is 2.13 bits per heavy atom. The van der Waals surface area contributed by atoms with Gasteiger partial charge < -0.3 is 4.74 Å². The summed E-state index contributed by atoms with van der Waals surface area (Å²) in [6.07, 6.45) is 2.68. The van der Waals surface area contributed by atoms with Gasteiger partial charge >= 0.3 is 0 Å². The van der Waals surface area contributed by atoms with Gasteiger partial charge in [0.1, 0.15) is 5.78 Å². The molecule has 1 saturated carbocycles. The molecule has 1 spiro atoms. The minimum absolute atomic E-state index is 0.462. The van der Waals surface area contributed by atoms with Crippen LogP contribution in [0.2, 0.25) is 0 Å². The summed E-state index contributed by atoms with van der Waals surface area (Å²) >= 11 is 0. The maximum Gasteiger partial charge on any atom is 0.134 e. The number of hydrogen-bond donors (Lipinski definition) is 0. The summed E-state index contributed by atoms with van der Waals surface area (Å²) in [4.78, 5) is 14.0. The second-order valence-corrected chi connectivity index (χ2v) is 5.72. The van der Waals surface area contributed by atoms with Crippen LogP contribution in [-0.2, 0) is 9.53 Å². The zero-order valence-electron chi connectivity index (χ0n) is 9.37. The van der Waals surface area contributed by atoms with Crippen LogP contribution in [-0.4, -0.2) is 43.0 Å². The quantitative estimate of drug-likeness (QED) is 0.647. The second kappa shape index (κ2) is 3.29. The molecule has 2 heterocycles. The Kier molecular flexibility index (Phi) is 2.15. The fourth-order valence-electron chi connectivity index (χ4n) is 3.23. The highest BCUT2D eigenvalue weighted by Crippen LogP contribution is 2.41. The molecule has 1 aliphatic carbocycles. The summed E-state index contributed by atoms with van der Waals surface area (Å²) in [6.45, 7) is 6.50. The first-order chi connectivity index (χ1) is 7.19. The summed E-state index contributed by atoms with van der Waals surface area (Å²) in [6, 6.07) is 0.525. The van der Waals surface area contributed by atoms with Crippen LogP contribution in [0.4, 0.5) is 0 Å². The zero-order valence-corrected chi connectivity index (χ0v) is 9.37. The first-order valence-corrected chi connectivity index (χ1v) is 6.02. The van der Waals surface area contributed by atoms with Crippen molar-refractivity contribution in [1.82, 2.24) is 4.90 Å². The van der Waals surface area contributed by atoms with E-state index in [0.717, 1.165) is 45.6 Å². The maximum atomic E-state index is 11.5. The van der Waals surface area contributed by atoms with Crippen LogP contribution in [0.3, 0.4) is 0 Å². The van der Waals surface area contributed by atoms with Gasteiger partial charge in [-0.15, -0.1) is 0 Å². The molecule has 2 unspecified atom stereocenters. The van der Waals surface area contributed by atoms with Crippen LogP contribution in [0, 0.1) is 11.3 Å². The number of rotatable bonds is 1. The van der Waals surface area contributed by atoms with E-state index in [4.69, 9.17) is 4.74 Å². The van der Waals surface area contributed by atoms with Crippen molar-refractivity contribution in [3.05, 3.63) is 0 Å². The predicted octanol–water partition coefficient (Wildman–Crippen LogP) is 1.08. The van der Waals surface area contributed by atoms with E-state index in [1.165, 1.54) is 0 Å². The van der Waals surface area contributed by atoms with Crippen molar-refractivity contribution in [3.63, 3.8) is 0 Å². The smallest absolute Gasteiger partial charge is 0.134 e. The number of hydrogen-bond acceptors (Lipinski definition) is 3. The summed E-state index contributed by atoms with van der Waals surface area (Å²) in [5.41, 5.74) is 0.486. The van der Waals surface area contributed by atoms with E-state index in [9.17, 15) is 4.79 Å². The van der Waals surface area contributed by atoms with Crippen molar-refractivity contribution in [2.75, 3.05) is 26.3 Å². The van der Waals surface area contributed by atoms with Crippen LogP contribution in [0.1, 0.15) is 26.2 Å². The molecule has 15 heavy (non-hydrogen) atoms. The topological polar surface area (TPSA) is 29.5 Å². The van der Waals surface area contributed by atoms with Gasteiger partial charge in [-0.2, -0.15) is 0 Å². The lowest BCUT2D eigenvalue weighted by Crippen LogP contribution is -2.69. The number of ether oxygens (including phenoxy) is 1. The normalized spacial score (nSPS) is 39.9.